The number of benzene rings is 1. The Morgan fingerprint density at radius 1 is 1.19 bits per heavy atom. The lowest BCUT2D eigenvalue weighted by Gasteiger charge is -2.40. The average molecular weight is 452 g/mol. The molecule has 0 N–H and O–H groups in total. The number of amides is 1. The second-order valence-corrected chi connectivity index (χ2v) is 8.68. The van der Waals surface area contributed by atoms with Crippen LogP contribution < -0.4 is 0 Å². The van der Waals surface area contributed by atoms with Crippen molar-refractivity contribution >= 4 is 11.9 Å². The molecule has 174 valence electrons. The number of carbonyl (C=O) groups excluding carboxylic acids is 2. The van der Waals surface area contributed by atoms with Gasteiger partial charge in [-0.3, -0.25) is 4.79 Å². The molecule has 0 bridgehead atoms. The van der Waals surface area contributed by atoms with Gasteiger partial charge in [-0.15, -0.1) is 0 Å². The van der Waals surface area contributed by atoms with E-state index < -0.39 is 23.3 Å². The van der Waals surface area contributed by atoms with Gasteiger partial charge in [-0.1, -0.05) is 6.07 Å². The molecule has 1 amide bonds. The summed E-state index contributed by atoms with van der Waals surface area (Å²) < 4.78 is 50.3. The van der Waals surface area contributed by atoms with Crippen LogP contribution in [-0.4, -0.2) is 67.2 Å². The average Bonchev–Trinajstić information content (AvgIpc) is 3.00. The summed E-state index contributed by atoms with van der Waals surface area (Å²) in [4.78, 5) is 29.7. The summed E-state index contributed by atoms with van der Waals surface area (Å²) in [6, 6.07) is 3.69. The molecule has 1 saturated heterocycles. The van der Waals surface area contributed by atoms with Crippen molar-refractivity contribution in [1.29, 1.82) is 0 Å². The monoisotopic (exact) mass is 452 g/mol. The Bertz CT molecular complexity index is 949. The van der Waals surface area contributed by atoms with E-state index in [1.54, 1.807) is 18.9 Å². The van der Waals surface area contributed by atoms with Crippen molar-refractivity contribution in [1.82, 2.24) is 9.80 Å². The number of ether oxygens (including phenoxy) is 2. The van der Waals surface area contributed by atoms with Crippen molar-refractivity contribution in [2.45, 2.75) is 44.5 Å². The summed E-state index contributed by atoms with van der Waals surface area (Å²) in [7, 11) is 1.64. The van der Waals surface area contributed by atoms with E-state index >= 15 is 0 Å². The van der Waals surface area contributed by atoms with Gasteiger partial charge in [0, 0.05) is 58.2 Å². The predicted molar refractivity (Wildman–Crippen MR) is 110 cm³/mol. The molecule has 1 aromatic carbocycles. The Morgan fingerprint density at radius 3 is 2.56 bits per heavy atom. The third-order valence-electron chi connectivity index (χ3n) is 6.75. The highest BCUT2D eigenvalue weighted by Crippen LogP contribution is 2.42. The quantitative estimate of drug-likeness (QED) is 0.658. The van der Waals surface area contributed by atoms with Gasteiger partial charge in [0.15, 0.2) is 0 Å². The lowest BCUT2D eigenvalue weighted by atomic mass is 9.82. The standard InChI is InChI=1S/C23H27F3N2O4/c1-15-19(22(32-21(15)30)6-9-27(10-7-22)11-12-31-2)20(29)28-8-5-16-3-4-18(23(24,25)26)13-17(16)14-28/h3-4,13H,5-12,14H2,1-2H3. The molecule has 1 spiro atoms. The van der Waals surface area contributed by atoms with Gasteiger partial charge in [-0.2, -0.15) is 13.2 Å². The Morgan fingerprint density at radius 2 is 1.91 bits per heavy atom. The molecule has 4 rings (SSSR count). The van der Waals surface area contributed by atoms with Crippen molar-refractivity contribution in [3.8, 4) is 0 Å². The summed E-state index contributed by atoms with van der Waals surface area (Å²) in [6.45, 7) is 4.76. The highest BCUT2D eigenvalue weighted by atomic mass is 19.4. The van der Waals surface area contributed by atoms with Gasteiger partial charge in [-0.05, 0) is 36.6 Å². The maximum atomic E-state index is 13.6. The van der Waals surface area contributed by atoms with Gasteiger partial charge < -0.3 is 19.3 Å². The summed E-state index contributed by atoms with van der Waals surface area (Å²) in [6.07, 6.45) is -2.96. The minimum absolute atomic E-state index is 0.0824. The molecule has 9 heteroatoms. The molecule has 0 radical (unpaired) electrons. The Balaban J connectivity index is 1.55. The second-order valence-electron chi connectivity index (χ2n) is 8.68. The molecule has 1 aromatic rings. The van der Waals surface area contributed by atoms with Crippen LogP contribution in [0.5, 0.6) is 0 Å². The van der Waals surface area contributed by atoms with Gasteiger partial charge in [0.25, 0.3) is 5.91 Å². The third kappa shape index (κ3) is 4.15. The predicted octanol–water partition coefficient (Wildman–Crippen LogP) is 2.94. The number of rotatable bonds is 4. The largest absolute Gasteiger partial charge is 0.450 e. The van der Waals surface area contributed by atoms with Gasteiger partial charge in [0.1, 0.15) is 5.60 Å². The number of fused-ring (bicyclic) bond motifs is 1. The van der Waals surface area contributed by atoms with E-state index in [2.05, 4.69) is 4.90 Å². The Kier molecular flexibility index (Phi) is 6.06. The number of likely N-dealkylation sites (tertiary alicyclic amines) is 1. The van der Waals surface area contributed by atoms with Crippen molar-refractivity contribution in [2.24, 2.45) is 0 Å². The molecule has 0 saturated carbocycles. The number of hydrogen-bond acceptors (Lipinski definition) is 5. The number of halogens is 3. The lowest BCUT2D eigenvalue weighted by molar-refractivity contribution is -0.151. The maximum Gasteiger partial charge on any atom is 0.416 e. The summed E-state index contributed by atoms with van der Waals surface area (Å²) in [5.41, 5.74) is 0.286. The highest BCUT2D eigenvalue weighted by molar-refractivity contribution is 6.07. The molecular formula is C23H27F3N2O4. The number of nitrogens with zero attached hydrogens (tertiary/aromatic N) is 2. The molecule has 3 heterocycles. The van der Waals surface area contributed by atoms with Crippen molar-refractivity contribution < 1.29 is 32.2 Å². The Labute approximate surface area is 184 Å². The Hall–Kier alpha value is -2.39. The molecule has 0 aliphatic carbocycles. The minimum Gasteiger partial charge on any atom is -0.450 e. The molecular weight excluding hydrogens is 425 g/mol. The fourth-order valence-corrected chi connectivity index (χ4v) is 4.88. The van der Waals surface area contributed by atoms with E-state index in [0.29, 0.717) is 62.2 Å². The van der Waals surface area contributed by atoms with Crippen LogP contribution >= 0.6 is 0 Å². The molecule has 3 aliphatic heterocycles. The van der Waals surface area contributed by atoms with E-state index in [1.165, 1.54) is 6.07 Å². The van der Waals surface area contributed by atoms with Crippen molar-refractivity contribution in [2.75, 3.05) is 39.9 Å². The number of hydrogen-bond donors (Lipinski definition) is 0. The van der Waals surface area contributed by atoms with Crippen LogP contribution in [-0.2, 0) is 38.2 Å². The second kappa shape index (κ2) is 8.51. The van der Waals surface area contributed by atoms with E-state index in [4.69, 9.17) is 9.47 Å². The molecule has 0 atom stereocenters. The zero-order valence-electron chi connectivity index (χ0n) is 18.3. The fraction of sp³-hybridized carbons (Fsp3) is 0.565. The number of piperidine rings is 1. The smallest absolute Gasteiger partial charge is 0.416 e. The number of esters is 1. The van der Waals surface area contributed by atoms with E-state index in [-0.39, 0.29) is 12.5 Å². The van der Waals surface area contributed by atoms with Crippen molar-refractivity contribution in [3.05, 3.63) is 46.0 Å². The van der Waals surface area contributed by atoms with Gasteiger partial charge >= 0.3 is 12.1 Å². The van der Waals surface area contributed by atoms with Crippen molar-refractivity contribution in [3.63, 3.8) is 0 Å². The van der Waals surface area contributed by atoms with Crippen LogP contribution in [0, 0.1) is 0 Å². The molecule has 6 nitrogen and oxygen atoms in total. The SMILES string of the molecule is COCCN1CCC2(CC1)OC(=O)C(C)=C2C(=O)N1CCc2ccc(C(F)(F)F)cc2C1. The summed E-state index contributed by atoms with van der Waals surface area (Å²) in [5.74, 6) is -0.808. The first-order valence-corrected chi connectivity index (χ1v) is 10.8. The first-order chi connectivity index (χ1) is 15.1. The van der Waals surface area contributed by atoms with Crippen LogP contribution in [0.1, 0.15) is 36.5 Å². The first kappa shape index (κ1) is 22.8. The zero-order chi connectivity index (χ0) is 23.1. The van der Waals surface area contributed by atoms with E-state index in [0.717, 1.165) is 24.2 Å². The summed E-state index contributed by atoms with van der Waals surface area (Å²) in [5, 5.41) is 0. The molecule has 0 aromatic heterocycles. The van der Waals surface area contributed by atoms with Gasteiger partial charge in [0.2, 0.25) is 0 Å². The number of carbonyl (C=O) groups is 2. The summed E-state index contributed by atoms with van der Waals surface area (Å²) >= 11 is 0. The first-order valence-electron chi connectivity index (χ1n) is 10.8. The topological polar surface area (TPSA) is 59.1 Å². The molecule has 0 unspecified atom stereocenters. The molecule has 3 aliphatic rings. The molecule has 32 heavy (non-hydrogen) atoms. The van der Waals surface area contributed by atoms with E-state index in [9.17, 15) is 22.8 Å². The normalized spacial score (nSPS) is 21.2. The van der Waals surface area contributed by atoms with Gasteiger partial charge in [-0.25, -0.2) is 4.79 Å². The third-order valence-corrected chi connectivity index (χ3v) is 6.75. The van der Waals surface area contributed by atoms with Crippen LogP contribution in [0.15, 0.2) is 29.3 Å². The van der Waals surface area contributed by atoms with E-state index in [1.807, 2.05) is 0 Å². The van der Waals surface area contributed by atoms with Crippen LogP contribution in [0.25, 0.3) is 0 Å². The number of methoxy groups -OCH3 is 1. The zero-order valence-corrected chi connectivity index (χ0v) is 18.3. The van der Waals surface area contributed by atoms with Gasteiger partial charge in [0.05, 0.1) is 17.7 Å². The minimum atomic E-state index is -4.44. The number of alkyl halides is 3. The van der Waals surface area contributed by atoms with Crippen LogP contribution in [0.2, 0.25) is 0 Å². The molecule has 1 fully saturated rings. The van der Waals surface area contributed by atoms with Crippen LogP contribution in [0.3, 0.4) is 0 Å². The fourth-order valence-electron chi connectivity index (χ4n) is 4.88. The lowest BCUT2D eigenvalue weighted by Crippen LogP contribution is -2.50. The maximum absolute atomic E-state index is 13.6. The van der Waals surface area contributed by atoms with Crippen LogP contribution in [0.4, 0.5) is 13.2 Å². The highest BCUT2D eigenvalue weighted by Gasteiger charge is 2.51.